The minimum atomic E-state index is -0.233. The molecule has 0 bridgehead atoms. The first-order chi connectivity index (χ1) is 11.5. The van der Waals surface area contributed by atoms with E-state index < -0.39 is 0 Å². The molecule has 0 fully saturated rings. The van der Waals surface area contributed by atoms with Gasteiger partial charge in [-0.3, -0.25) is 9.20 Å². The van der Waals surface area contributed by atoms with E-state index in [2.05, 4.69) is 20.2 Å². The summed E-state index contributed by atoms with van der Waals surface area (Å²) >= 11 is 1.46. The highest BCUT2D eigenvalue weighted by molar-refractivity contribution is 7.98. The van der Waals surface area contributed by atoms with E-state index in [-0.39, 0.29) is 5.56 Å². The van der Waals surface area contributed by atoms with Crippen molar-refractivity contribution in [3.63, 3.8) is 0 Å². The molecule has 0 N–H and O–H groups in total. The van der Waals surface area contributed by atoms with Crippen molar-refractivity contribution in [1.29, 1.82) is 0 Å². The lowest BCUT2D eigenvalue weighted by molar-refractivity contribution is 0.344. The Morgan fingerprint density at radius 1 is 1.12 bits per heavy atom. The molecule has 0 saturated carbocycles. The summed E-state index contributed by atoms with van der Waals surface area (Å²) in [6.45, 7) is 5.69. The van der Waals surface area contributed by atoms with Gasteiger partial charge in [0.05, 0.1) is 5.69 Å². The first-order valence-corrected chi connectivity index (χ1v) is 8.31. The van der Waals surface area contributed by atoms with Gasteiger partial charge in [0, 0.05) is 29.3 Å². The standard InChI is InChI=1S/C15H14N6O2S/c1-8-4-9(2)20-14(16-8)18-19-15(20)24-7-11-6-13(22)21-12(17-11)5-10(3)23-21/h4-6H,7H2,1-3H3. The second-order valence-corrected chi connectivity index (χ2v) is 6.47. The Labute approximate surface area is 140 Å². The van der Waals surface area contributed by atoms with Crippen molar-refractivity contribution >= 4 is 23.2 Å². The molecule has 4 aromatic rings. The van der Waals surface area contributed by atoms with Gasteiger partial charge in [-0.05, 0) is 26.8 Å². The van der Waals surface area contributed by atoms with Crippen LogP contribution in [0.3, 0.4) is 0 Å². The largest absolute Gasteiger partial charge is 0.375 e. The fourth-order valence-electron chi connectivity index (χ4n) is 2.58. The molecule has 0 atom stereocenters. The first-order valence-electron chi connectivity index (χ1n) is 7.33. The molecule has 0 unspecified atom stereocenters. The van der Waals surface area contributed by atoms with Crippen molar-refractivity contribution in [2.75, 3.05) is 0 Å². The first kappa shape index (κ1) is 14.9. The van der Waals surface area contributed by atoms with Crippen molar-refractivity contribution in [2.24, 2.45) is 0 Å². The summed E-state index contributed by atoms with van der Waals surface area (Å²) in [5, 5.41) is 9.01. The van der Waals surface area contributed by atoms with E-state index >= 15 is 0 Å². The third-order valence-electron chi connectivity index (χ3n) is 3.54. The molecular formula is C15H14N6O2S. The average molecular weight is 342 g/mol. The topological polar surface area (TPSA) is 90.6 Å². The Kier molecular flexibility index (Phi) is 3.38. The lowest BCUT2D eigenvalue weighted by Gasteiger charge is -2.04. The zero-order chi connectivity index (χ0) is 16.8. The summed E-state index contributed by atoms with van der Waals surface area (Å²) < 4.78 is 8.37. The molecule has 0 spiro atoms. The van der Waals surface area contributed by atoms with Crippen molar-refractivity contribution in [3.05, 3.63) is 51.4 Å². The van der Waals surface area contributed by atoms with Crippen LogP contribution in [0, 0.1) is 20.8 Å². The number of hydrogen-bond acceptors (Lipinski definition) is 7. The zero-order valence-electron chi connectivity index (χ0n) is 13.3. The SMILES string of the molecule is Cc1cc(C)n2c(SCc3cc(=O)n4oc(C)cc4n3)nnc2n1. The summed E-state index contributed by atoms with van der Waals surface area (Å²) in [6.07, 6.45) is 0. The highest BCUT2D eigenvalue weighted by Gasteiger charge is 2.12. The maximum Gasteiger partial charge on any atom is 0.287 e. The van der Waals surface area contributed by atoms with E-state index in [1.807, 2.05) is 24.3 Å². The molecule has 8 nitrogen and oxygen atoms in total. The maximum atomic E-state index is 12.1. The van der Waals surface area contributed by atoms with Crippen molar-refractivity contribution < 1.29 is 4.52 Å². The van der Waals surface area contributed by atoms with Gasteiger partial charge in [-0.1, -0.05) is 11.8 Å². The van der Waals surface area contributed by atoms with Crippen LogP contribution in [0.15, 0.2) is 32.7 Å². The van der Waals surface area contributed by atoms with Crippen LogP contribution in [0.25, 0.3) is 11.4 Å². The Hall–Kier alpha value is -2.68. The molecule has 4 rings (SSSR count). The van der Waals surface area contributed by atoms with E-state index in [0.717, 1.165) is 16.5 Å². The second kappa shape index (κ2) is 5.45. The van der Waals surface area contributed by atoms with Crippen LogP contribution in [0.4, 0.5) is 0 Å². The van der Waals surface area contributed by atoms with E-state index in [1.54, 1.807) is 13.0 Å². The van der Waals surface area contributed by atoms with Gasteiger partial charge >= 0.3 is 0 Å². The minimum absolute atomic E-state index is 0.233. The molecule has 122 valence electrons. The number of nitrogens with zero attached hydrogens (tertiary/aromatic N) is 6. The Morgan fingerprint density at radius 2 is 1.96 bits per heavy atom. The van der Waals surface area contributed by atoms with Crippen molar-refractivity contribution in [2.45, 2.75) is 31.7 Å². The molecule has 4 heterocycles. The van der Waals surface area contributed by atoms with Crippen LogP contribution in [0.5, 0.6) is 0 Å². The molecule has 4 aromatic heterocycles. The summed E-state index contributed by atoms with van der Waals surface area (Å²) in [6, 6.07) is 5.19. The van der Waals surface area contributed by atoms with Gasteiger partial charge in [-0.25, -0.2) is 9.97 Å². The summed E-state index contributed by atoms with van der Waals surface area (Å²) in [4.78, 5) is 20.9. The van der Waals surface area contributed by atoms with Gasteiger partial charge in [-0.15, -0.1) is 14.8 Å². The van der Waals surface area contributed by atoms with E-state index in [1.165, 1.54) is 22.4 Å². The molecule has 0 saturated heterocycles. The highest BCUT2D eigenvalue weighted by atomic mass is 32.2. The van der Waals surface area contributed by atoms with E-state index in [9.17, 15) is 4.79 Å². The Balaban J connectivity index is 1.67. The molecule has 0 aromatic carbocycles. The van der Waals surface area contributed by atoms with Crippen LogP contribution < -0.4 is 5.56 Å². The van der Waals surface area contributed by atoms with Gasteiger partial charge in [0.2, 0.25) is 0 Å². The van der Waals surface area contributed by atoms with Crippen molar-refractivity contribution in [3.8, 4) is 0 Å². The molecule has 0 aliphatic carbocycles. The Morgan fingerprint density at radius 3 is 2.79 bits per heavy atom. The predicted molar refractivity (Wildman–Crippen MR) is 88.3 cm³/mol. The molecule has 9 heteroatoms. The third-order valence-corrected chi connectivity index (χ3v) is 4.50. The van der Waals surface area contributed by atoms with Crippen LogP contribution in [-0.2, 0) is 5.75 Å². The molecule has 0 aliphatic heterocycles. The third kappa shape index (κ3) is 2.46. The zero-order valence-corrected chi connectivity index (χ0v) is 14.2. The molecule has 24 heavy (non-hydrogen) atoms. The maximum absolute atomic E-state index is 12.1. The summed E-state index contributed by atoms with van der Waals surface area (Å²) in [7, 11) is 0. The predicted octanol–water partition coefficient (Wildman–Crippen LogP) is 1.94. The van der Waals surface area contributed by atoms with E-state index in [4.69, 9.17) is 4.52 Å². The van der Waals surface area contributed by atoms with Gasteiger partial charge < -0.3 is 4.52 Å². The number of thioether (sulfide) groups is 1. The van der Waals surface area contributed by atoms with Crippen LogP contribution in [0.2, 0.25) is 0 Å². The Bertz CT molecular complexity index is 1130. The fraction of sp³-hybridized carbons (Fsp3) is 0.267. The molecule has 0 aliphatic rings. The lowest BCUT2D eigenvalue weighted by Crippen LogP contribution is -2.12. The van der Waals surface area contributed by atoms with Crippen LogP contribution in [-0.4, -0.2) is 29.1 Å². The molecule has 0 radical (unpaired) electrons. The van der Waals surface area contributed by atoms with E-state index in [0.29, 0.717) is 28.6 Å². The fourth-order valence-corrected chi connectivity index (χ4v) is 3.46. The average Bonchev–Trinajstić information content (AvgIpc) is 3.08. The smallest absolute Gasteiger partial charge is 0.287 e. The summed E-state index contributed by atoms with van der Waals surface area (Å²) in [5.41, 5.74) is 2.86. The van der Waals surface area contributed by atoms with Gasteiger partial charge in [-0.2, -0.15) is 0 Å². The molecular weight excluding hydrogens is 328 g/mol. The molecule has 0 amide bonds. The number of rotatable bonds is 3. The van der Waals surface area contributed by atoms with Crippen LogP contribution >= 0.6 is 11.8 Å². The highest BCUT2D eigenvalue weighted by Crippen LogP contribution is 2.22. The number of aromatic nitrogens is 6. The summed E-state index contributed by atoms with van der Waals surface area (Å²) in [5.74, 6) is 1.72. The van der Waals surface area contributed by atoms with Gasteiger partial charge in [0.25, 0.3) is 11.3 Å². The second-order valence-electron chi connectivity index (χ2n) is 5.53. The van der Waals surface area contributed by atoms with Gasteiger partial charge in [0.1, 0.15) is 5.76 Å². The van der Waals surface area contributed by atoms with Crippen molar-refractivity contribution in [1.82, 2.24) is 29.1 Å². The normalized spacial score (nSPS) is 11.6. The van der Waals surface area contributed by atoms with Crippen LogP contribution in [0.1, 0.15) is 22.8 Å². The lowest BCUT2D eigenvalue weighted by atomic mass is 10.3. The number of hydrogen-bond donors (Lipinski definition) is 0. The monoisotopic (exact) mass is 342 g/mol. The number of aryl methyl sites for hydroxylation is 3. The number of fused-ring (bicyclic) bond motifs is 2. The van der Waals surface area contributed by atoms with Gasteiger partial charge in [0.15, 0.2) is 10.8 Å². The minimum Gasteiger partial charge on any atom is -0.375 e. The quantitative estimate of drug-likeness (QED) is 0.525.